The highest BCUT2D eigenvalue weighted by Gasteiger charge is 1.96. The molecule has 0 nitrogen and oxygen atoms in total. The highest BCUT2D eigenvalue weighted by atomic mass is 35.5. The average Bonchev–Trinajstić information content (AvgIpc) is 2.39. The predicted molar refractivity (Wildman–Crippen MR) is 99.8 cm³/mol. The first-order valence-corrected chi connectivity index (χ1v) is 11.8. The van der Waals surface area contributed by atoms with E-state index in [-0.39, 0.29) is 21.2 Å². The lowest BCUT2D eigenvalue weighted by molar-refractivity contribution is 0.538. The molecule has 20 heavy (non-hydrogen) atoms. The Kier molecular flexibility index (Phi) is 22.2. The van der Waals surface area contributed by atoms with Gasteiger partial charge in [-0.2, -0.15) is 0 Å². The summed E-state index contributed by atoms with van der Waals surface area (Å²) in [5, 5.41) is 0. The summed E-state index contributed by atoms with van der Waals surface area (Å²) >= 11 is 0. The molecule has 2 heteroatoms. The fraction of sp³-hybridized carbons (Fsp3) is 1.00. The van der Waals surface area contributed by atoms with Gasteiger partial charge in [0.25, 0.3) is 0 Å². The van der Waals surface area contributed by atoms with E-state index in [1.54, 1.807) is 0 Å². The van der Waals surface area contributed by atoms with E-state index < -0.39 is 0 Å². The van der Waals surface area contributed by atoms with Gasteiger partial charge < -0.3 is 0 Å². The van der Waals surface area contributed by atoms with Gasteiger partial charge in [-0.3, -0.25) is 0 Å². The van der Waals surface area contributed by atoms with Crippen molar-refractivity contribution < 1.29 is 0 Å². The van der Waals surface area contributed by atoms with E-state index in [1.807, 2.05) is 0 Å². The first kappa shape index (κ1) is 22.8. The third-order valence-corrected chi connectivity index (χ3v) is 5.38. The highest BCUT2D eigenvalue weighted by molar-refractivity contribution is 6.55. The van der Waals surface area contributed by atoms with Crippen LogP contribution in [-0.2, 0) is 0 Å². The Hall–Kier alpha value is 0.507. The van der Waals surface area contributed by atoms with Crippen LogP contribution in [0.15, 0.2) is 0 Å². The van der Waals surface area contributed by atoms with E-state index in [0.717, 1.165) is 0 Å². The molecule has 0 aliphatic heterocycles. The Morgan fingerprint density at radius 1 is 0.500 bits per heavy atom. The van der Waals surface area contributed by atoms with Crippen LogP contribution in [0.5, 0.6) is 0 Å². The van der Waals surface area contributed by atoms with Crippen LogP contribution in [0.3, 0.4) is 0 Å². The molecule has 0 rings (SSSR count). The third-order valence-electron chi connectivity index (χ3n) is 4.03. The van der Waals surface area contributed by atoms with Gasteiger partial charge in [-0.15, -0.1) is 12.4 Å². The molecular weight excluding hydrogens is 280 g/mol. The summed E-state index contributed by atoms with van der Waals surface area (Å²) in [6.07, 6.45) is 20.7. The lowest BCUT2D eigenvalue weighted by Gasteiger charge is -2.04. The molecule has 0 spiro atoms. The molecule has 0 saturated carbocycles. The van der Waals surface area contributed by atoms with Gasteiger partial charge in [0.2, 0.25) is 0 Å². The topological polar surface area (TPSA) is 0 Å². The lowest BCUT2D eigenvalue weighted by Crippen LogP contribution is -1.97. The first-order chi connectivity index (χ1) is 9.27. The minimum Gasteiger partial charge on any atom is -0.147 e. The second-order valence-corrected chi connectivity index (χ2v) is 9.47. The van der Waals surface area contributed by atoms with Crippen LogP contribution in [0.1, 0.15) is 96.8 Å². The van der Waals surface area contributed by atoms with Crippen LogP contribution in [-0.4, -0.2) is 8.80 Å². The number of unbranched alkanes of at least 4 members (excludes halogenated alkanes) is 13. The lowest BCUT2D eigenvalue weighted by atomic mass is 10.0. The van der Waals surface area contributed by atoms with E-state index in [9.17, 15) is 0 Å². The molecule has 0 heterocycles. The second-order valence-electron chi connectivity index (χ2n) is 6.55. The Labute approximate surface area is 137 Å². The number of halogens is 1. The van der Waals surface area contributed by atoms with Crippen LogP contribution >= 0.6 is 12.4 Å². The number of hydrogen-bond donors (Lipinski definition) is 0. The molecule has 0 aromatic carbocycles. The molecule has 1 radical (unpaired) electrons. The Morgan fingerprint density at radius 3 is 1.10 bits per heavy atom. The van der Waals surface area contributed by atoms with Crippen LogP contribution in [0.2, 0.25) is 19.1 Å². The van der Waals surface area contributed by atoms with Crippen molar-refractivity contribution in [3.05, 3.63) is 0 Å². The quantitative estimate of drug-likeness (QED) is 0.215. The zero-order valence-electron chi connectivity index (χ0n) is 14.5. The third kappa shape index (κ3) is 20.8. The van der Waals surface area contributed by atoms with Crippen molar-refractivity contribution >= 4 is 21.2 Å². The van der Waals surface area contributed by atoms with E-state index in [1.165, 1.54) is 95.9 Å². The van der Waals surface area contributed by atoms with Gasteiger partial charge in [0.15, 0.2) is 0 Å². The van der Waals surface area contributed by atoms with Gasteiger partial charge in [-0.05, 0) is 0 Å². The standard InChI is InChI=1S/C18H39Si.ClH/c1-4-5-6-7-8-9-10-11-12-13-14-15-16-17-18-19(2)3;/h4-18H2,1-3H3;1H. The molecule has 0 aromatic heterocycles. The molecule has 0 aliphatic carbocycles. The summed E-state index contributed by atoms with van der Waals surface area (Å²) in [7, 11) is 0.0497. The summed E-state index contributed by atoms with van der Waals surface area (Å²) in [4.78, 5) is 0. The van der Waals surface area contributed by atoms with Crippen molar-refractivity contribution in [1.82, 2.24) is 0 Å². The minimum absolute atomic E-state index is 0. The Morgan fingerprint density at radius 2 is 0.800 bits per heavy atom. The Balaban J connectivity index is 0. The van der Waals surface area contributed by atoms with Crippen molar-refractivity contribution in [3.63, 3.8) is 0 Å². The molecule has 0 bridgehead atoms. The van der Waals surface area contributed by atoms with Crippen molar-refractivity contribution in [2.45, 2.75) is 116 Å². The molecule has 0 aromatic rings. The summed E-state index contributed by atoms with van der Waals surface area (Å²) in [6.45, 7) is 7.17. The fourth-order valence-corrected chi connectivity index (χ4v) is 3.63. The molecule has 0 unspecified atom stereocenters. The fourth-order valence-electron chi connectivity index (χ4n) is 2.67. The van der Waals surface area contributed by atoms with Crippen molar-refractivity contribution in [1.29, 1.82) is 0 Å². The average molecular weight is 320 g/mol. The van der Waals surface area contributed by atoms with Crippen molar-refractivity contribution in [2.75, 3.05) is 0 Å². The van der Waals surface area contributed by atoms with Crippen LogP contribution in [0, 0.1) is 0 Å². The normalized spacial score (nSPS) is 10.8. The van der Waals surface area contributed by atoms with Gasteiger partial charge >= 0.3 is 0 Å². The molecule has 0 aliphatic rings. The number of rotatable bonds is 15. The van der Waals surface area contributed by atoms with E-state index in [2.05, 4.69) is 20.0 Å². The van der Waals surface area contributed by atoms with Gasteiger partial charge in [-0.25, -0.2) is 0 Å². The summed E-state index contributed by atoms with van der Waals surface area (Å²) in [6, 6.07) is 1.53. The zero-order chi connectivity index (χ0) is 14.2. The zero-order valence-corrected chi connectivity index (χ0v) is 16.3. The van der Waals surface area contributed by atoms with Gasteiger partial charge in [0.1, 0.15) is 0 Å². The summed E-state index contributed by atoms with van der Waals surface area (Å²) in [5.74, 6) is 0. The Bertz CT molecular complexity index is 159. The molecule has 0 fully saturated rings. The van der Waals surface area contributed by atoms with Crippen molar-refractivity contribution in [2.24, 2.45) is 0 Å². The highest BCUT2D eigenvalue weighted by Crippen LogP contribution is 2.13. The van der Waals surface area contributed by atoms with Gasteiger partial charge in [0, 0.05) is 8.80 Å². The molecule has 123 valence electrons. The SMILES string of the molecule is CCCCCCCCCCCCCCCC[Si](C)C.Cl. The van der Waals surface area contributed by atoms with E-state index in [0.29, 0.717) is 0 Å². The van der Waals surface area contributed by atoms with E-state index in [4.69, 9.17) is 0 Å². The van der Waals surface area contributed by atoms with Crippen LogP contribution in [0.25, 0.3) is 0 Å². The van der Waals surface area contributed by atoms with Crippen molar-refractivity contribution in [3.8, 4) is 0 Å². The maximum Gasteiger partial charge on any atom is 0.0412 e. The van der Waals surface area contributed by atoms with Crippen LogP contribution < -0.4 is 0 Å². The maximum absolute atomic E-state index is 2.44. The summed E-state index contributed by atoms with van der Waals surface area (Å²) in [5.41, 5.74) is 0. The molecule has 0 N–H and O–H groups in total. The van der Waals surface area contributed by atoms with Gasteiger partial charge in [-0.1, -0.05) is 116 Å². The number of hydrogen-bond acceptors (Lipinski definition) is 0. The van der Waals surface area contributed by atoms with Crippen LogP contribution in [0.4, 0.5) is 0 Å². The second kappa shape index (κ2) is 19.5. The minimum atomic E-state index is 0. The predicted octanol–water partition coefficient (Wildman–Crippen LogP) is 7.64. The monoisotopic (exact) mass is 319 g/mol. The molecule has 0 saturated heterocycles. The maximum atomic E-state index is 2.44. The van der Waals surface area contributed by atoms with Gasteiger partial charge in [0.05, 0.1) is 0 Å². The largest absolute Gasteiger partial charge is 0.147 e. The molecule has 0 amide bonds. The molecular formula is C18H40ClSi. The first-order valence-electron chi connectivity index (χ1n) is 9.06. The smallest absolute Gasteiger partial charge is 0.0412 e. The summed E-state index contributed by atoms with van der Waals surface area (Å²) < 4.78 is 0. The molecule has 0 atom stereocenters. The van der Waals surface area contributed by atoms with E-state index >= 15 is 0 Å².